The Morgan fingerprint density at radius 3 is 2.50 bits per heavy atom. The molecule has 1 aromatic carbocycles. The third kappa shape index (κ3) is 3.64. The van der Waals surface area contributed by atoms with E-state index in [1.807, 2.05) is 31.2 Å². The Balaban J connectivity index is 1.82. The lowest BCUT2D eigenvalue weighted by molar-refractivity contribution is 0.256. The van der Waals surface area contributed by atoms with Crippen molar-refractivity contribution in [1.82, 2.24) is 0 Å². The van der Waals surface area contributed by atoms with E-state index in [9.17, 15) is 0 Å². The minimum Gasteiger partial charge on any atom is -0.490 e. The molecule has 1 fully saturated rings. The van der Waals surface area contributed by atoms with Crippen molar-refractivity contribution in [3.8, 4) is 11.5 Å². The van der Waals surface area contributed by atoms with Crippen molar-refractivity contribution >= 4 is 15.9 Å². The van der Waals surface area contributed by atoms with Gasteiger partial charge in [-0.05, 0) is 44.2 Å². The maximum Gasteiger partial charge on any atom is 0.161 e. The smallest absolute Gasteiger partial charge is 0.161 e. The number of hydrogen-bond donors (Lipinski definition) is 0. The molecule has 0 N–H and O–H groups in total. The van der Waals surface area contributed by atoms with Gasteiger partial charge in [0.05, 0.1) is 13.2 Å². The second kappa shape index (κ2) is 7.03. The highest BCUT2D eigenvalue weighted by atomic mass is 79.9. The van der Waals surface area contributed by atoms with Crippen LogP contribution < -0.4 is 9.47 Å². The fourth-order valence-corrected chi connectivity index (χ4v) is 3.33. The van der Waals surface area contributed by atoms with Gasteiger partial charge in [0.1, 0.15) is 0 Å². The van der Waals surface area contributed by atoms with Crippen molar-refractivity contribution in [3.63, 3.8) is 0 Å². The summed E-state index contributed by atoms with van der Waals surface area (Å²) in [7, 11) is 0. The molecule has 3 heteroatoms. The van der Waals surface area contributed by atoms with Gasteiger partial charge in [0, 0.05) is 4.83 Å². The van der Waals surface area contributed by atoms with Crippen molar-refractivity contribution in [3.05, 3.63) is 24.3 Å². The predicted octanol–water partition coefficient (Wildman–Crippen LogP) is 4.42. The summed E-state index contributed by atoms with van der Waals surface area (Å²) < 4.78 is 11.4. The first-order valence-electron chi connectivity index (χ1n) is 6.80. The lowest BCUT2D eigenvalue weighted by atomic mass is 10.1. The van der Waals surface area contributed by atoms with E-state index in [0.717, 1.165) is 30.4 Å². The molecule has 0 spiro atoms. The van der Waals surface area contributed by atoms with Crippen LogP contribution in [0.15, 0.2) is 24.3 Å². The van der Waals surface area contributed by atoms with Gasteiger partial charge in [0.2, 0.25) is 0 Å². The van der Waals surface area contributed by atoms with E-state index in [4.69, 9.17) is 9.47 Å². The molecule has 2 rings (SSSR count). The highest BCUT2D eigenvalue weighted by Crippen LogP contribution is 2.34. The summed E-state index contributed by atoms with van der Waals surface area (Å²) >= 11 is 3.75. The Kier molecular flexibility index (Phi) is 5.36. The van der Waals surface area contributed by atoms with Crippen LogP contribution in [0.1, 0.15) is 32.6 Å². The summed E-state index contributed by atoms with van der Waals surface area (Å²) in [6.45, 7) is 3.44. The number of alkyl halides is 1. The first kappa shape index (κ1) is 13.7. The third-order valence-corrected chi connectivity index (χ3v) is 4.67. The molecule has 1 aliphatic carbocycles. The average Bonchev–Trinajstić information content (AvgIpc) is 2.78. The quantitative estimate of drug-likeness (QED) is 0.724. The van der Waals surface area contributed by atoms with Gasteiger partial charge in [-0.1, -0.05) is 34.5 Å². The molecule has 2 nitrogen and oxygen atoms in total. The SMILES string of the molecule is CCOc1ccccc1OCCC1CCCC1Br. The number of halogens is 1. The van der Waals surface area contributed by atoms with Crippen LogP contribution in [0.4, 0.5) is 0 Å². The second-order valence-corrected chi connectivity index (χ2v) is 5.90. The Hall–Kier alpha value is -0.700. The van der Waals surface area contributed by atoms with Crippen LogP contribution in [-0.4, -0.2) is 18.0 Å². The number of benzene rings is 1. The molecular formula is C15H21BrO2. The summed E-state index contributed by atoms with van der Waals surface area (Å²) in [5.74, 6) is 2.48. The topological polar surface area (TPSA) is 18.5 Å². The lowest BCUT2D eigenvalue weighted by Gasteiger charge is -2.15. The maximum absolute atomic E-state index is 5.85. The Bertz CT molecular complexity index is 367. The number of rotatable bonds is 6. The van der Waals surface area contributed by atoms with Crippen LogP contribution in [0.25, 0.3) is 0 Å². The molecule has 100 valence electrons. The van der Waals surface area contributed by atoms with E-state index < -0.39 is 0 Å². The molecule has 2 atom stereocenters. The molecule has 0 radical (unpaired) electrons. The van der Waals surface area contributed by atoms with Gasteiger partial charge in [0.25, 0.3) is 0 Å². The van der Waals surface area contributed by atoms with Crippen molar-refractivity contribution in [2.24, 2.45) is 5.92 Å². The molecule has 0 saturated heterocycles. The largest absolute Gasteiger partial charge is 0.490 e. The van der Waals surface area contributed by atoms with Gasteiger partial charge in [0.15, 0.2) is 11.5 Å². The van der Waals surface area contributed by atoms with Gasteiger partial charge in [-0.2, -0.15) is 0 Å². The van der Waals surface area contributed by atoms with Crippen molar-refractivity contribution < 1.29 is 9.47 Å². The highest BCUT2D eigenvalue weighted by molar-refractivity contribution is 9.09. The van der Waals surface area contributed by atoms with Gasteiger partial charge in [-0.3, -0.25) is 0 Å². The van der Waals surface area contributed by atoms with Crippen molar-refractivity contribution in [2.75, 3.05) is 13.2 Å². The summed E-state index contributed by atoms with van der Waals surface area (Å²) in [5, 5.41) is 0. The molecular weight excluding hydrogens is 292 g/mol. The summed E-state index contributed by atoms with van der Waals surface area (Å²) in [4.78, 5) is 0.684. The summed E-state index contributed by atoms with van der Waals surface area (Å²) in [5.41, 5.74) is 0. The second-order valence-electron chi connectivity index (χ2n) is 4.72. The number of hydrogen-bond acceptors (Lipinski definition) is 2. The zero-order valence-electron chi connectivity index (χ0n) is 10.9. The molecule has 0 aromatic heterocycles. The zero-order chi connectivity index (χ0) is 12.8. The molecule has 1 aliphatic rings. The van der Waals surface area contributed by atoms with Gasteiger partial charge in [-0.25, -0.2) is 0 Å². The van der Waals surface area contributed by atoms with E-state index in [2.05, 4.69) is 15.9 Å². The third-order valence-electron chi connectivity index (χ3n) is 3.46. The van der Waals surface area contributed by atoms with Crippen molar-refractivity contribution in [2.45, 2.75) is 37.4 Å². The maximum atomic E-state index is 5.85. The highest BCUT2D eigenvalue weighted by Gasteiger charge is 2.24. The molecule has 2 unspecified atom stereocenters. The Morgan fingerprint density at radius 1 is 1.17 bits per heavy atom. The molecule has 0 aliphatic heterocycles. The van der Waals surface area contributed by atoms with Crippen LogP contribution in [0.3, 0.4) is 0 Å². The minimum atomic E-state index is 0.673. The monoisotopic (exact) mass is 312 g/mol. The van der Waals surface area contributed by atoms with E-state index in [1.54, 1.807) is 0 Å². The van der Waals surface area contributed by atoms with Crippen LogP contribution in [0.5, 0.6) is 11.5 Å². The number of ether oxygens (including phenoxy) is 2. The lowest BCUT2D eigenvalue weighted by Crippen LogP contribution is -2.11. The molecule has 18 heavy (non-hydrogen) atoms. The zero-order valence-corrected chi connectivity index (χ0v) is 12.5. The standard InChI is InChI=1S/C15H21BrO2/c1-2-17-14-8-3-4-9-15(14)18-11-10-12-6-5-7-13(12)16/h3-4,8-9,12-13H,2,5-7,10-11H2,1H3. The van der Waals surface area contributed by atoms with Gasteiger partial charge < -0.3 is 9.47 Å². The van der Waals surface area contributed by atoms with Crippen LogP contribution in [-0.2, 0) is 0 Å². The fraction of sp³-hybridized carbons (Fsp3) is 0.600. The molecule has 0 heterocycles. The van der Waals surface area contributed by atoms with E-state index in [-0.39, 0.29) is 0 Å². The molecule has 0 bridgehead atoms. The predicted molar refractivity (Wildman–Crippen MR) is 77.8 cm³/mol. The average molecular weight is 313 g/mol. The number of para-hydroxylation sites is 2. The molecule has 0 amide bonds. The Morgan fingerprint density at radius 2 is 1.89 bits per heavy atom. The molecule has 1 aromatic rings. The normalized spacial score (nSPS) is 23.0. The van der Waals surface area contributed by atoms with E-state index in [0.29, 0.717) is 11.4 Å². The van der Waals surface area contributed by atoms with Crippen LogP contribution in [0.2, 0.25) is 0 Å². The molecule has 1 saturated carbocycles. The summed E-state index contributed by atoms with van der Waals surface area (Å²) in [6.07, 6.45) is 5.10. The first-order chi connectivity index (χ1) is 8.81. The Labute approximate surface area is 118 Å². The fourth-order valence-electron chi connectivity index (χ4n) is 2.48. The van der Waals surface area contributed by atoms with Crippen LogP contribution in [0, 0.1) is 5.92 Å². The minimum absolute atomic E-state index is 0.673. The van der Waals surface area contributed by atoms with Crippen molar-refractivity contribution in [1.29, 1.82) is 0 Å². The summed E-state index contributed by atoms with van der Waals surface area (Å²) in [6, 6.07) is 7.90. The van der Waals surface area contributed by atoms with Gasteiger partial charge >= 0.3 is 0 Å². The van der Waals surface area contributed by atoms with E-state index >= 15 is 0 Å². The van der Waals surface area contributed by atoms with Crippen LogP contribution >= 0.6 is 15.9 Å². The first-order valence-corrected chi connectivity index (χ1v) is 7.71. The van der Waals surface area contributed by atoms with Gasteiger partial charge in [-0.15, -0.1) is 0 Å². The van der Waals surface area contributed by atoms with E-state index in [1.165, 1.54) is 19.3 Å².